The Kier molecular flexibility index (Phi) is 4.80. The second-order valence-electron chi connectivity index (χ2n) is 5.98. The van der Waals surface area contributed by atoms with E-state index < -0.39 is 0 Å². The lowest BCUT2D eigenvalue weighted by molar-refractivity contribution is 0.102. The zero-order valence-electron chi connectivity index (χ0n) is 14.1. The molecular weight excluding hydrogens is 342 g/mol. The number of hydrogen-bond acceptors (Lipinski definition) is 4. The van der Waals surface area contributed by atoms with Crippen LogP contribution in [-0.4, -0.2) is 17.1 Å². The smallest absolute Gasteiger partial charge is 0.256 e. The number of aliphatic imine (C=N–C) groups is 1. The highest BCUT2D eigenvalue weighted by atomic mass is 32.2. The maximum Gasteiger partial charge on any atom is 0.256 e. The predicted octanol–water partition coefficient (Wildman–Crippen LogP) is 4.56. The van der Waals surface area contributed by atoms with Crippen LogP contribution < -0.4 is 5.32 Å². The molecule has 0 spiro atoms. The molecule has 2 heterocycles. The first-order valence-corrected chi connectivity index (χ1v) is 9.33. The zero-order chi connectivity index (χ0) is 17.8. The van der Waals surface area contributed by atoms with Crippen molar-refractivity contribution in [3.8, 4) is 0 Å². The number of carbonyl (C=O) groups excluding carboxylic acids is 1. The summed E-state index contributed by atoms with van der Waals surface area (Å²) in [5.41, 5.74) is 4.91. The maximum atomic E-state index is 12.8. The van der Waals surface area contributed by atoms with Crippen LogP contribution in [0.3, 0.4) is 0 Å². The lowest BCUT2D eigenvalue weighted by Gasteiger charge is -2.11. The first-order valence-electron chi connectivity index (χ1n) is 8.34. The minimum Gasteiger partial charge on any atom is -0.322 e. The molecule has 4 rings (SSSR count). The van der Waals surface area contributed by atoms with Crippen molar-refractivity contribution < 1.29 is 4.79 Å². The number of rotatable bonds is 5. The molecule has 0 saturated heterocycles. The summed E-state index contributed by atoms with van der Waals surface area (Å²) in [5.74, 6) is 0.694. The molecule has 0 unspecified atom stereocenters. The van der Waals surface area contributed by atoms with E-state index in [-0.39, 0.29) is 5.91 Å². The summed E-state index contributed by atoms with van der Waals surface area (Å²) in [6.07, 6.45) is 5.42. The van der Waals surface area contributed by atoms with Crippen molar-refractivity contribution in [1.29, 1.82) is 0 Å². The van der Waals surface area contributed by atoms with Gasteiger partial charge in [-0.2, -0.15) is 0 Å². The monoisotopic (exact) mass is 359 g/mol. The van der Waals surface area contributed by atoms with Gasteiger partial charge in [-0.3, -0.25) is 14.8 Å². The number of nitrogens with one attached hydrogen (secondary N) is 1. The van der Waals surface area contributed by atoms with Crippen molar-refractivity contribution in [1.82, 2.24) is 4.98 Å². The molecule has 0 saturated carbocycles. The molecule has 1 N–H and O–H groups in total. The lowest BCUT2D eigenvalue weighted by Crippen LogP contribution is -2.13. The number of fused-ring (bicyclic) bond motifs is 1. The van der Waals surface area contributed by atoms with Crippen molar-refractivity contribution in [2.45, 2.75) is 17.2 Å². The number of benzene rings is 2. The minimum absolute atomic E-state index is 0.0993. The zero-order valence-corrected chi connectivity index (χ0v) is 14.9. The third-order valence-electron chi connectivity index (χ3n) is 4.17. The van der Waals surface area contributed by atoms with Crippen molar-refractivity contribution in [3.05, 3.63) is 89.2 Å². The highest BCUT2D eigenvalue weighted by Crippen LogP contribution is 2.27. The van der Waals surface area contributed by atoms with E-state index in [0.717, 1.165) is 28.4 Å². The Morgan fingerprint density at radius 2 is 1.92 bits per heavy atom. The topological polar surface area (TPSA) is 54.4 Å². The van der Waals surface area contributed by atoms with Crippen molar-refractivity contribution >= 4 is 29.6 Å². The van der Waals surface area contributed by atoms with Gasteiger partial charge in [-0.1, -0.05) is 18.2 Å². The number of thioether (sulfide) groups is 1. The van der Waals surface area contributed by atoms with Gasteiger partial charge in [-0.15, -0.1) is 11.8 Å². The summed E-state index contributed by atoms with van der Waals surface area (Å²) in [5, 5.41) is 3.00. The van der Waals surface area contributed by atoms with Crippen molar-refractivity contribution in [2.75, 3.05) is 5.32 Å². The number of pyridine rings is 1. The van der Waals surface area contributed by atoms with E-state index >= 15 is 0 Å². The van der Waals surface area contributed by atoms with Gasteiger partial charge >= 0.3 is 0 Å². The molecule has 0 bridgehead atoms. The minimum atomic E-state index is -0.0993. The van der Waals surface area contributed by atoms with Crippen LogP contribution >= 0.6 is 11.8 Å². The molecule has 26 heavy (non-hydrogen) atoms. The molecule has 3 aromatic rings. The molecule has 4 nitrogen and oxygen atoms in total. The van der Waals surface area contributed by atoms with E-state index in [1.807, 2.05) is 60.8 Å². The number of carbonyl (C=O) groups is 1. The van der Waals surface area contributed by atoms with Crippen LogP contribution in [0.5, 0.6) is 0 Å². The Bertz CT molecular complexity index is 970. The van der Waals surface area contributed by atoms with E-state index in [9.17, 15) is 4.79 Å². The Hall–Kier alpha value is -2.92. The van der Waals surface area contributed by atoms with E-state index in [1.165, 1.54) is 11.1 Å². The third kappa shape index (κ3) is 3.68. The van der Waals surface area contributed by atoms with Crippen LogP contribution in [0.15, 0.2) is 76.9 Å². The molecule has 1 aromatic heterocycles. The standard InChI is InChI=1S/C21H17N3OS/c25-21(24-18-6-5-16-12-23-13-17(16)11-18)19-3-1-2-4-20(19)26-14-15-7-9-22-10-8-15/h1-11,13H,12,14H2,(H,24,25). The molecule has 5 heteroatoms. The Morgan fingerprint density at radius 1 is 1.08 bits per heavy atom. The van der Waals surface area contributed by atoms with Crippen LogP contribution in [0.4, 0.5) is 5.69 Å². The Morgan fingerprint density at radius 3 is 2.81 bits per heavy atom. The Balaban J connectivity index is 1.50. The first kappa shape index (κ1) is 16.5. The van der Waals surface area contributed by atoms with Crippen LogP contribution in [0, 0.1) is 0 Å². The van der Waals surface area contributed by atoms with Crippen LogP contribution in [0.25, 0.3) is 0 Å². The van der Waals surface area contributed by atoms with Crippen molar-refractivity contribution in [2.24, 2.45) is 4.99 Å². The van der Waals surface area contributed by atoms with Gasteiger partial charge in [0.25, 0.3) is 5.91 Å². The molecule has 0 aliphatic carbocycles. The summed E-state index contributed by atoms with van der Waals surface area (Å²) in [4.78, 5) is 22.0. The average molecular weight is 359 g/mol. The summed E-state index contributed by atoms with van der Waals surface area (Å²) in [6.45, 7) is 0.720. The number of aromatic nitrogens is 1. The van der Waals surface area contributed by atoms with Gasteiger partial charge in [-0.05, 0) is 53.1 Å². The van der Waals surface area contributed by atoms with E-state index in [4.69, 9.17) is 0 Å². The largest absolute Gasteiger partial charge is 0.322 e. The van der Waals surface area contributed by atoms with Crippen LogP contribution in [-0.2, 0) is 12.3 Å². The van der Waals surface area contributed by atoms with Crippen molar-refractivity contribution in [3.63, 3.8) is 0 Å². The summed E-state index contributed by atoms with van der Waals surface area (Å²) in [6, 6.07) is 17.6. The molecule has 0 atom stereocenters. The second kappa shape index (κ2) is 7.54. The maximum absolute atomic E-state index is 12.8. The lowest BCUT2D eigenvalue weighted by atomic mass is 10.1. The highest BCUT2D eigenvalue weighted by Gasteiger charge is 2.13. The average Bonchev–Trinajstić information content (AvgIpc) is 3.15. The summed E-state index contributed by atoms with van der Waals surface area (Å²) >= 11 is 1.65. The number of anilines is 1. The molecule has 2 aromatic carbocycles. The Labute approximate surface area is 156 Å². The molecular formula is C21H17N3OS. The molecule has 1 aliphatic heterocycles. The quantitative estimate of drug-likeness (QED) is 0.680. The van der Waals surface area contributed by atoms with Gasteiger partial charge < -0.3 is 5.32 Å². The van der Waals surface area contributed by atoms with Gasteiger partial charge in [0.1, 0.15) is 0 Å². The van der Waals surface area contributed by atoms with Gasteiger partial charge in [0.05, 0.1) is 12.1 Å². The number of hydrogen-bond donors (Lipinski definition) is 1. The SMILES string of the molecule is O=C(Nc1ccc2c(c1)C=NC2)c1ccccc1SCc1ccncc1. The van der Waals surface area contributed by atoms with Gasteiger partial charge in [0.15, 0.2) is 0 Å². The third-order valence-corrected chi connectivity index (χ3v) is 5.32. The van der Waals surface area contributed by atoms with Crippen LogP contribution in [0.1, 0.15) is 27.0 Å². The van der Waals surface area contributed by atoms with E-state index in [0.29, 0.717) is 5.56 Å². The fraction of sp³-hybridized carbons (Fsp3) is 0.0952. The van der Waals surface area contributed by atoms with E-state index in [1.54, 1.807) is 24.2 Å². The molecule has 1 aliphatic rings. The second-order valence-corrected chi connectivity index (χ2v) is 6.99. The fourth-order valence-electron chi connectivity index (χ4n) is 2.80. The molecule has 0 fully saturated rings. The normalized spacial score (nSPS) is 12.0. The van der Waals surface area contributed by atoms with Gasteiger partial charge in [0, 0.05) is 34.9 Å². The van der Waals surface area contributed by atoms with Gasteiger partial charge in [-0.25, -0.2) is 0 Å². The summed E-state index contributed by atoms with van der Waals surface area (Å²) < 4.78 is 0. The van der Waals surface area contributed by atoms with Crippen LogP contribution in [0.2, 0.25) is 0 Å². The number of amides is 1. The van der Waals surface area contributed by atoms with Gasteiger partial charge in [0.2, 0.25) is 0 Å². The van der Waals surface area contributed by atoms with E-state index in [2.05, 4.69) is 15.3 Å². The highest BCUT2D eigenvalue weighted by molar-refractivity contribution is 7.98. The summed E-state index contributed by atoms with van der Waals surface area (Å²) in [7, 11) is 0. The first-order chi connectivity index (χ1) is 12.8. The number of nitrogens with zero attached hydrogens (tertiary/aromatic N) is 2. The molecule has 128 valence electrons. The molecule has 0 radical (unpaired) electrons. The molecule has 1 amide bonds. The predicted molar refractivity (Wildman–Crippen MR) is 106 cm³/mol. The fourth-order valence-corrected chi connectivity index (χ4v) is 3.80.